The number of hydroxylamine groups is 2. The first-order valence-corrected chi connectivity index (χ1v) is 5.99. The summed E-state index contributed by atoms with van der Waals surface area (Å²) in [5.41, 5.74) is 0.211. The lowest BCUT2D eigenvalue weighted by Crippen LogP contribution is -2.52. The molecule has 96 valence electrons. The normalized spacial score (nSPS) is 20.9. The first-order valence-electron chi connectivity index (χ1n) is 5.99. The Kier molecular flexibility index (Phi) is 3.22. The molecule has 1 atom stereocenters. The molecule has 1 aromatic carbocycles. The zero-order valence-corrected chi connectivity index (χ0v) is 10.8. The van der Waals surface area contributed by atoms with Crippen LogP contribution in [0.15, 0.2) is 30.3 Å². The van der Waals surface area contributed by atoms with Gasteiger partial charge in [0, 0.05) is 0 Å². The van der Waals surface area contributed by atoms with E-state index < -0.39 is 17.1 Å². The van der Waals surface area contributed by atoms with Crippen LogP contribution < -0.4 is 0 Å². The highest BCUT2D eigenvalue weighted by atomic mass is 16.7. The summed E-state index contributed by atoms with van der Waals surface area (Å²) in [4.78, 5) is 29.4. The highest BCUT2D eigenvalue weighted by Gasteiger charge is 2.43. The number of benzene rings is 1. The molecule has 0 radical (unpaired) electrons. The van der Waals surface area contributed by atoms with Gasteiger partial charge in [-0.05, 0) is 12.5 Å². The number of hydrogen-bond donors (Lipinski definition) is 0. The summed E-state index contributed by atoms with van der Waals surface area (Å²) >= 11 is 0. The van der Waals surface area contributed by atoms with Gasteiger partial charge in [0.1, 0.15) is 0 Å². The molecular formula is C14H17NO3. The predicted octanol–water partition coefficient (Wildman–Crippen LogP) is 2.12. The Hall–Kier alpha value is -1.68. The molecule has 0 N–H and O–H groups in total. The predicted molar refractivity (Wildman–Crippen MR) is 66.4 cm³/mol. The number of carbonyl (C=O) groups is 2. The van der Waals surface area contributed by atoms with Crippen molar-refractivity contribution in [2.24, 2.45) is 5.41 Å². The van der Waals surface area contributed by atoms with Gasteiger partial charge in [-0.3, -0.25) is 14.4 Å². The second-order valence-corrected chi connectivity index (χ2v) is 5.20. The van der Waals surface area contributed by atoms with E-state index in [4.69, 9.17) is 4.84 Å². The molecule has 1 aliphatic rings. The van der Waals surface area contributed by atoms with Crippen LogP contribution in [-0.4, -0.2) is 23.4 Å². The molecule has 1 saturated heterocycles. The van der Waals surface area contributed by atoms with E-state index in [1.807, 2.05) is 37.3 Å². The third-order valence-corrected chi connectivity index (χ3v) is 3.21. The Bertz CT molecular complexity index is 467. The van der Waals surface area contributed by atoms with Crippen molar-refractivity contribution in [1.82, 2.24) is 5.06 Å². The second kappa shape index (κ2) is 4.53. The van der Waals surface area contributed by atoms with Gasteiger partial charge in [0.2, 0.25) is 5.78 Å². The minimum Gasteiger partial charge on any atom is -0.288 e. The molecule has 1 aromatic rings. The van der Waals surface area contributed by atoms with E-state index in [0.717, 1.165) is 5.56 Å². The largest absolute Gasteiger partial charge is 0.314 e. The molecule has 0 saturated carbocycles. The molecule has 1 amide bonds. The van der Waals surface area contributed by atoms with E-state index in [9.17, 15) is 9.59 Å². The average molecular weight is 247 g/mol. The Morgan fingerprint density at radius 2 is 1.83 bits per heavy atom. The lowest BCUT2D eigenvalue weighted by atomic mass is 9.87. The van der Waals surface area contributed by atoms with Crippen LogP contribution in [0.3, 0.4) is 0 Å². The minimum absolute atomic E-state index is 0.231. The van der Waals surface area contributed by atoms with Crippen LogP contribution in [0.5, 0.6) is 0 Å². The highest BCUT2D eigenvalue weighted by Crippen LogP contribution is 2.29. The van der Waals surface area contributed by atoms with Crippen LogP contribution in [0.25, 0.3) is 0 Å². The number of carbonyl (C=O) groups excluding carboxylic acids is 2. The summed E-state index contributed by atoms with van der Waals surface area (Å²) in [5.74, 6) is -0.959. The summed E-state index contributed by atoms with van der Waals surface area (Å²) in [6.45, 7) is 5.52. The smallest absolute Gasteiger partial charge is 0.288 e. The van der Waals surface area contributed by atoms with Gasteiger partial charge in [0.05, 0.1) is 18.1 Å². The average Bonchev–Trinajstić information content (AvgIpc) is 2.37. The van der Waals surface area contributed by atoms with Gasteiger partial charge in [-0.15, -0.1) is 0 Å². The Balaban J connectivity index is 2.21. The van der Waals surface area contributed by atoms with Gasteiger partial charge < -0.3 is 0 Å². The van der Waals surface area contributed by atoms with Crippen LogP contribution in [-0.2, 0) is 14.4 Å². The molecule has 1 heterocycles. The number of rotatable bonds is 2. The van der Waals surface area contributed by atoms with Crippen molar-refractivity contribution in [1.29, 1.82) is 0 Å². The van der Waals surface area contributed by atoms with Crippen molar-refractivity contribution in [3.8, 4) is 0 Å². The van der Waals surface area contributed by atoms with Crippen molar-refractivity contribution < 1.29 is 14.4 Å². The van der Waals surface area contributed by atoms with E-state index in [2.05, 4.69) is 0 Å². The first-order chi connectivity index (χ1) is 8.43. The van der Waals surface area contributed by atoms with Crippen molar-refractivity contribution in [2.45, 2.75) is 26.8 Å². The maximum atomic E-state index is 12.0. The summed E-state index contributed by atoms with van der Waals surface area (Å²) in [6, 6.07) is 9.25. The van der Waals surface area contributed by atoms with E-state index in [-0.39, 0.29) is 12.6 Å². The number of amides is 1. The fourth-order valence-electron chi connectivity index (χ4n) is 1.90. The molecule has 1 aliphatic heterocycles. The van der Waals surface area contributed by atoms with E-state index in [1.54, 1.807) is 13.8 Å². The summed E-state index contributed by atoms with van der Waals surface area (Å²) in [5, 5.41) is 1.18. The lowest BCUT2D eigenvalue weighted by molar-refractivity contribution is -0.225. The monoisotopic (exact) mass is 247 g/mol. The number of Topliss-reactive ketones (excluding diaryl/α,β-unsaturated/α-hetero) is 1. The minimum atomic E-state index is -0.732. The van der Waals surface area contributed by atoms with E-state index >= 15 is 0 Å². The fourth-order valence-corrected chi connectivity index (χ4v) is 1.90. The zero-order valence-electron chi connectivity index (χ0n) is 10.8. The van der Waals surface area contributed by atoms with Crippen molar-refractivity contribution in [2.75, 3.05) is 6.61 Å². The number of ketones is 1. The maximum absolute atomic E-state index is 12.0. The molecule has 18 heavy (non-hydrogen) atoms. The Morgan fingerprint density at radius 3 is 2.44 bits per heavy atom. The molecule has 4 nitrogen and oxygen atoms in total. The van der Waals surface area contributed by atoms with E-state index in [0.29, 0.717) is 0 Å². The van der Waals surface area contributed by atoms with Gasteiger partial charge in [-0.25, -0.2) is 5.06 Å². The van der Waals surface area contributed by atoms with Gasteiger partial charge in [0.25, 0.3) is 0 Å². The molecule has 4 heteroatoms. The molecule has 0 aromatic heterocycles. The SMILES string of the molecule is C[C@H](c1ccccc1)N1OCC(C)(C)C(=O)C1=O. The molecule has 0 aliphatic carbocycles. The third kappa shape index (κ3) is 2.16. The molecule has 0 bridgehead atoms. The Morgan fingerprint density at radius 1 is 1.22 bits per heavy atom. The van der Waals surface area contributed by atoms with Crippen molar-refractivity contribution >= 4 is 11.7 Å². The maximum Gasteiger partial charge on any atom is 0.314 e. The topological polar surface area (TPSA) is 46.6 Å². The van der Waals surface area contributed by atoms with Crippen LogP contribution in [0.2, 0.25) is 0 Å². The summed E-state index contributed by atoms with van der Waals surface area (Å²) in [7, 11) is 0. The summed E-state index contributed by atoms with van der Waals surface area (Å²) < 4.78 is 0. The molecule has 0 unspecified atom stereocenters. The Labute approximate surface area is 106 Å². The molecular weight excluding hydrogens is 230 g/mol. The number of hydrogen-bond acceptors (Lipinski definition) is 3. The van der Waals surface area contributed by atoms with Crippen LogP contribution in [0.4, 0.5) is 0 Å². The van der Waals surface area contributed by atoms with Crippen LogP contribution in [0, 0.1) is 5.41 Å². The van der Waals surface area contributed by atoms with Crippen LogP contribution >= 0.6 is 0 Å². The molecule has 1 fully saturated rings. The van der Waals surface area contributed by atoms with Crippen LogP contribution in [0.1, 0.15) is 32.4 Å². The second-order valence-electron chi connectivity index (χ2n) is 5.20. The zero-order chi connectivity index (χ0) is 13.3. The van der Waals surface area contributed by atoms with Gasteiger partial charge >= 0.3 is 5.91 Å². The summed E-state index contributed by atoms with van der Waals surface area (Å²) in [6.07, 6.45) is 0. The standard InChI is InChI=1S/C14H17NO3/c1-10(11-7-5-4-6-8-11)15-13(17)12(16)14(2,3)9-18-15/h4-8,10H,9H2,1-3H3/t10-/m1/s1. The quantitative estimate of drug-likeness (QED) is 0.752. The first kappa shape index (κ1) is 12.8. The molecule has 2 rings (SSSR count). The van der Waals surface area contributed by atoms with E-state index in [1.165, 1.54) is 5.06 Å². The fraction of sp³-hybridized carbons (Fsp3) is 0.429. The van der Waals surface area contributed by atoms with Crippen molar-refractivity contribution in [3.05, 3.63) is 35.9 Å². The van der Waals surface area contributed by atoms with Gasteiger partial charge in [-0.1, -0.05) is 44.2 Å². The van der Waals surface area contributed by atoms with Gasteiger partial charge in [-0.2, -0.15) is 0 Å². The lowest BCUT2D eigenvalue weighted by Gasteiger charge is -2.37. The highest BCUT2D eigenvalue weighted by molar-refractivity contribution is 6.38. The number of nitrogens with zero attached hydrogens (tertiary/aromatic N) is 1. The molecule has 0 spiro atoms. The van der Waals surface area contributed by atoms with Crippen molar-refractivity contribution in [3.63, 3.8) is 0 Å². The third-order valence-electron chi connectivity index (χ3n) is 3.21. The van der Waals surface area contributed by atoms with Gasteiger partial charge in [0.15, 0.2) is 0 Å².